The first-order chi connectivity index (χ1) is 8.61. The third kappa shape index (κ3) is 6.67. The van der Waals surface area contributed by atoms with Gasteiger partial charge in [0.15, 0.2) is 0 Å². The van der Waals surface area contributed by atoms with Crippen LogP contribution in [0.5, 0.6) is 0 Å². The third-order valence-electron chi connectivity index (χ3n) is 2.70. The Morgan fingerprint density at radius 2 is 1.89 bits per heavy atom. The predicted molar refractivity (Wildman–Crippen MR) is 83.7 cm³/mol. The van der Waals surface area contributed by atoms with Gasteiger partial charge < -0.3 is 5.32 Å². The fourth-order valence-corrected chi connectivity index (χ4v) is 2.96. The molecule has 0 aliphatic rings. The Bertz CT molecular complexity index is 324. The molecule has 0 bridgehead atoms. The lowest BCUT2D eigenvalue weighted by molar-refractivity contribution is 0.448. The molecule has 1 aromatic rings. The summed E-state index contributed by atoms with van der Waals surface area (Å²) in [5, 5.41) is 4.44. The second-order valence-corrected chi connectivity index (χ2v) is 6.58. The highest BCUT2D eigenvalue weighted by Crippen LogP contribution is 2.22. The number of hydrogen-bond acceptors (Lipinski definition) is 2. The second-order valence-electron chi connectivity index (χ2n) is 5.05. The average molecular weight is 286 g/mol. The third-order valence-corrected chi connectivity index (χ3v) is 4.13. The molecule has 3 heteroatoms. The Hall–Kier alpha value is -0.180. The summed E-state index contributed by atoms with van der Waals surface area (Å²) in [6.07, 6.45) is 2.43. The molecule has 0 saturated carbocycles. The summed E-state index contributed by atoms with van der Waals surface area (Å²) in [6.45, 7) is 7.89. The van der Waals surface area contributed by atoms with E-state index in [1.165, 1.54) is 17.7 Å². The first kappa shape index (κ1) is 15.9. The molecule has 1 nitrogen and oxygen atoms in total. The molecular formula is C15H24ClNS. The van der Waals surface area contributed by atoms with Gasteiger partial charge in [-0.25, -0.2) is 0 Å². The van der Waals surface area contributed by atoms with Gasteiger partial charge in [0, 0.05) is 21.7 Å². The fourth-order valence-electron chi connectivity index (χ4n) is 1.86. The molecule has 18 heavy (non-hydrogen) atoms. The summed E-state index contributed by atoms with van der Waals surface area (Å²) in [5.74, 6) is 1.87. The molecule has 102 valence electrons. The molecule has 0 aliphatic heterocycles. The fraction of sp³-hybridized carbons (Fsp3) is 0.600. The summed E-state index contributed by atoms with van der Waals surface area (Å²) < 4.78 is 0. The molecule has 1 aromatic carbocycles. The second kappa shape index (κ2) is 8.84. The topological polar surface area (TPSA) is 12.0 Å². The average Bonchev–Trinajstić information content (AvgIpc) is 2.34. The van der Waals surface area contributed by atoms with Crippen molar-refractivity contribution in [2.45, 2.75) is 44.6 Å². The molecule has 1 atom stereocenters. The highest BCUT2D eigenvalue weighted by molar-refractivity contribution is 7.99. The van der Waals surface area contributed by atoms with Crippen molar-refractivity contribution in [3.8, 4) is 0 Å². The molecule has 0 amide bonds. The van der Waals surface area contributed by atoms with Crippen LogP contribution in [-0.2, 0) is 0 Å². The minimum Gasteiger partial charge on any atom is -0.313 e. The van der Waals surface area contributed by atoms with Gasteiger partial charge >= 0.3 is 0 Å². The van der Waals surface area contributed by atoms with Crippen molar-refractivity contribution in [1.82, 2.24) is 5.32 Å². The van der Waals surface area contributed by atoms with Crippen LogP contribution >= 0.6 is 23.4 Å². The van der Waals surface area contributed by atoms with E-state index in [9.17, 15) is 0 Å². The summed E-state index contributed by atoms with van der Waals surface area (Å²) in [5.41, 5.74) is 0. The lowest BCUT2D eigenvalue weighted by Crippen LogP contribution is -2.33. The normalized spacial score (nSPS) is 12.9. The quantitative estimate of drug-likeness (QED) is 0.686. The zero-order chi connectivity index (χ0) is 13.4. The van der Waals surface area contributed by atoms with Crippen molar-refractivity contribution in [2.75, 3.05) is 12.3 Å². The molecule has 1 rings (SSSR count). The van der Waals surface area contributed by atoms with Crippen molar-refractivity contribution in [3.63, 3.8) is 0 Å². The number of hydrogen-bond donors (Lipinski definition) is 1. The van der Waals surface area contributed by atoms with Crippen LogP contribution in [0.3, 0.4) is 0 Å². The van der Waals surface area contributed by atoms with Crippen LogP contribution in [0.2, 0.25) is 5.02 Å². The molecule has 0 saturated heterocycles. The maximum Gasteiger partial charge on any atom is 0.0406 e. The van der Waals surface area contributed by atoms with Gasteiger partial charge in [-0.05, 0) is 49.6 Å². The van der Waals surface area contributed by atoms with E-state index < -0.39 is 0 Å². The van der Waals surface area contributed by atoms with Gasteiger partial charge in [0.25, 0.3) is 0 Å². The van der Waals surface area contributed by atoms with Crippen LogP contribution < -0.4 is 5.32 Å². The maximum atomic E-state index is 5.89. The molecular weight excluding hydrogens is 262 g/mol. The lowest BCUT2D eigenvalue weighted by atomic mass is 10.1. The van der Waals surface area contributed by atoms with Crippen LogP contribution in [0.15, 0.2) is 29.2 Å². The molecule has 0 heterocycles. The Labute approximate surface area is 121 Å². The number of halogens is 1. The Morgan fingerprint density at radius 1 is 1.22 bits per heavy atom. The largest absolute Gasteiger partial charge is 0.313 e. The lowest BCUT2D eigenvalue weighted by Gasteiger charge is -2.20. The zero-order valence-electron chi connectivity index (χ0n) is 11.6. The summed E-state index contributed by atoms with van der Waals surface area (Å²) in [7, 11) is 0. The SMILES string of the molecule is CCCNC(CSc1ccc(Cl)cc1)CC(C)C. The number of benzene rings is 1. The van der Waals surface area contributed by atoms with Crippen molar-refractivity contribution in [1.29, 1.82) is 0 Å². The van der Waals surface area contributed by atoms with E-state index in [4.69, 9.17) is 11.6 Å². The van der Waals surface area contributed by atoms with Crippen LogP contribution in [0.4, 0.5) is 0 Å². The van der Waals surface area contributed by atoms with Gasteiger partial charge in [-0.1, -0.05) is 32.4 Å². The van der Waals surface area contributed by atoms with Crippen LogP contribution in [-0.4, -0.2) is 18.3 Å². The van der Waals surface area contributed by atoms with E-state index in [-0.39, 0.29) is 0 Å². The minimum atomic E-state index is 0.602. The van der Waals surface area contributed by atoms with Crippen molar-refractivity contribution >= 4 is 23.4 Å². The molecule has 1 N–H and O–H groups in total. The van der Waals surface area contributed by atoms with E-state index in [1.807, 2.05) is 23.9 Å². The van der Waals surface area contributed by atoms with Gasteiger partial charge in [-0.15, -0.1) is 11.8 Å². The highest BCUT2D eigenvalue weighted by Gasteiger charge is 2.10. The van der Waals surface area contributed by atoms with Crippen molar-refractivity contribution in [3.05, 3.63) is 29.3 Å². The van der Waals surface area contributed by atoms with Gasteiger partial charge in [-0.3, -0.25) is 0 Å². The first-order valence-corrected chi connectivity index (χ1v) is 8.10. The van der Waals surface area contributed by atoms with Crippen LogP contribution in [0.1, 0.15) is 33.6 Å². The Morgan fingerprint density at radius 3 is 2.44 bits per heavy atom. The summed E-state index contributed by atoms with van der Waals surface area (Å²) in [6, 6.07) is 8.71. The number of rotatable bonds is 8. The molecule has 0 fully saturated rings. The van der Waals surface area contributed by atoms with Gasteiger partial charge in [0.1, 0.15) is 0 Å². The molecule has 1 unspecified atom stereocenters. The Balaban J connectivity index is 2.42. The van der Waals surface area contributed by atoms with E-state index in [1.54, 1.807) is 0 Å². The van der Waals surface area contributed by atoms with Crippen LogP contribution in [0.25, 0.3) is 0 Å². The van der Waals surface area contributed by atoms with Gasteiger partial charge in [0.2, 0.25) is 0 Å². The molecule has 0 radical (unpaired) electrons. The smallest absolute Gasteiger partial charge is 0.0406 e. The van der Waals surface area contributed by atoms with Crippen LogP contribution in [0, 0.1) is 5.92 Å². The minimum absolute atomic E-state index is 0.602. The summed E-state index contributed by atoms with van der Waals surface area (Å²) >= 11 is 7.80. The van der Waals surface area contributed by atoms with E-state index in [0.717, 1.165) is 23.2 Å². The van der Waals surface area contributed by atoms with E-state index in [2.05, 4.69) is 38.2 Å². The van der Waals surface area contributed by atoms with Gasteiger partial charge in [-0.2, -0.15) is 0 Å². The monoisotopic (exact) mass is 285 g/mol. The van der Waals surface area contributed by atoms with Crippen molar-refractivity contribution in [2.24, 2.45) is 5.92 Å². The highest BCUT2D eigenvalue weighted by atomic mass is 35.5. The maximum absolute atomic E-state index is 5.89. The van der Waals surface area contributed by atoms with Crippen molar-refractivity contribution < 1.29 is 0 Å². The standard InChI is InChI=1S/C15H24ClNS/c1-4-9-17-14(10-12(2)3)11-18-15-7-5-13(16)6-8-15/h5-8,12,14,17H,4,9-11H2,1-3H3. The molecule has 0 aliphatic carbocycles. The van der Waals surface area contributed by atoms with E-state index >= 15 is 0 Å². The molecule has 0 aromatic heterocycles. The summed E-state index contributed by atoms with van der Waals surface area (Å²) in [4.78, 5) is 1.30. The number of nitrogens with one attached hydrogen (secondary N) is 1. The van der Waals surface area contributed by atoms with E-state index in [0.29, 0.717) is 6.04 Å². The predicted octanol–water partition coefficient (Wildman–Crippen LogP) is 4.85. The van der Waals surface area contributed by atoms with Gasteiger partial charge in [0.05, 0.1) is 0 Å². The zero-order valence-corrected chi connectivity index (χ0v) is 13.2. The Kier molecular flexibility index (Phi) is 7.80. The first-order valence-electron chi connectivity index (χ1n) is 6.73. The molecule has 0 spiro atoms. The number of thioether (sulfide) groups is 1.